The molecule has 0 aromatic carbocycles. The first-order valence-corrected chi connectivity index (χ1v) is 8.98. The van der Waals surface area contributed by atoms with E-state index in [1.54, 1.807) is 7.11 Å². The molecule has 1 N–H and O–H groups in total. The lowest BCUT2D eigenvalue weighted by Gasteiger charge is -2.49. The molecule has 1 aliphatic heterocycles. The van der Waals surface area contributed by atoms with Crippen molar-refractivity contribution < 1.29 is 4.74 Å². The van der Waals surface area contributed by atoms with Crippen molar-refractivity contribution in [1.29, 1.82) is 0 Å². The number of fused-ring (bicyclic) bond motifs is 1. The molecule has 3 aliphatic rings. The van der Waals surface area contributed by atoms with Gasteiger partial charge in [-0.3, -0.25) is 0 Å². The Balaban J connectivity index is 2.16. The van der Waals surface area contributed by atoms with Gasteiger partial charge in [0.2, 0.25) is 0 Å². The summed E-state index contributed by atoms with van der Waals surface area (Å²) in [4.78, 5) is 0. The zero-order valence-corrected chi connectivity index (χ0v) is 15.2. The lowest BCUT2D eigenvalue weighted by molar-refractivity contribution is 0.0988. The molecule has 2 aliphatic carbocycles. The molecule has 0 aromatic heterocycles. The predicted molar refractivity (Wildman–Crippen MR) is 97.1 cm³/mol. The number of rotatable bonds is 5. The number of methoxy groups -OCH3 is 1. The monoisotopic (exact) mass is 313 g/mol. The first kappa shape index (κ1) is 16.6. The molecular weight excluding hydrogens is 282 g/mol. The fourth-order valence-corrected chi connectivity index (χ4v) is 5.66. The molecule has 2 saturated carbocycles. The minimum Gasteiger partial charge on any atom is -0.497 e. The standard InChI is InChI=1S/C21H31NO/c1-7-9-10-17-19-20(13-22-19)11-14(3)18(15(4)16(5)23-6)21(17,8-2)12-20/h9-10,17,19,22H,3,5,7-8,11-13H2,1-2,4,6H3/b10-9-,18-15+/t17?,19?,20-,21?/m0/s1. The number of hydrogen-bond acceptors (Lipinski definition) is 2. The Morgan fingerprint density at radius 2 is 2.17 bits per heavy atom. The van der Waals surface area contributed by atoms with Gasteiger partial charge in [-0.25, -0.2) is 0 Å². The van der Waals surface area contributed by atoms with E-state index in [1.807, 2.05) is 0 Å². The Labute approximate surface area is 141 Å². The van der Waals surface area contributed by atoms with Gasteiger partial charge >= 0.3 is 0 Å². The number of allylic oxidation sites excluding steroid dienone is 4. The van der Waals surface area contributed by atoms with Crippen molar-refractivity contribution in [3.05, 3.63) is 47.8 Å². The summed E-state index contributed by atoms with van der Waals surface area (Å²) in [6.07, 6.45) is 9.46. The largest absolute Gasteiger partial charge is 0.497 e. The van der Waals surface area contributed by atoms with Crippen molar-refractivity contribution in [3.63, 3.8) is 0 Å². The van der Waals surface area contributed by atoms with Crippen LogP contribution in [0.15, 0.2) is 47.8 Å². The fourth-order valence-electron chi connectivity index (χ4n) is 5.66. The van der Waals surface area contributed by atoms with E-state index < -0.39 is 0 Å². The molecule has 2 nitrogen and oxygen atoms in total. The molecule has 0 aromatic rings. The normalized spacial score (nSPS) is 40.8. The third kappa shape index (κ3) is 2.11. The molecular formula is C21H31NO. The zero-order valence-electron chi connectivity index (χ0n) is 15.2. The Morgan fingerprint density at radius 3 is 2.70 bits per heavy atom. The molecule has 1 saturated heterocycles. The van der Waals surface area contributed by atoms with E-state index >= 15 is 0 Å². The molecule has 2 heteroatoms. The smallest absolute Gasteiger partial charge is 0.114 e. The van der Waals surface area contributed by atoms with E-state index in [0.29, 0.717) is 17.4 Å². The van der Waals surface area contributed by atoms with Gasteiger partial charge in [-0.1, -0.05) is 44.7 Å². The quantitative estimate of drug-likeness (QED) is 0.583. The summed E-state index contributed by atoms with van der Waals surface area (Å²) in [6.45, 7) is 16.5. The fraction of sp³-hybridized carbons (Fsp3) is 0.619. The molecule has 2 bridgehead atoms. The molecule has 3 unspecified atom stereocenters. The van der Waals surface area contributed by atoms with E-state index in [-0.39, 0.29) is 5.41 Å². The Bertz CT molecular complexity index is 599. The van der Waals surface area contributed by atoms with Crippen LogP contribution in [-0.2, 0) is 4.74 Å². The van der Waals surface area contributed by atoms with Crippen LogP contribution in [-0.4, -0.2) is 19.7 Å². The molecule has 126 valence electrons. The van der Waals surface area contributed by atoms with E-state index in [9.17, 15) is 0 Å². The molecule has 3 fully saturated rings. The van der Waals surface area contributed by atoms with Crippen LogP contribution in [0, 0.1) is 16.7 Å². The lowest BCUT2D eigenvalue weighted by atomic mass is 9.59. The van der Waals surface area contributed by atoms with Crippen LogP contribution in [0.3, 0.4) is 0 Å². The highest BCUT2D eigenvalue weighted by Gasteiger charge is 2.67. The number of hydrogen-bond donors (Lipinski definition) is 1. The van der Waals surface area contributed by atoms with Crippen LogP contribution in [0.2, 0.25) is 0 Å². The van der Waals surface area contributed by atoms with Gasteiger partial charge < -0.3 is 10.1 Å². The second-order valence-electron chi connectivity index (χ2n) is 7.68. The van der Waals surface area contributed by atoms with Crippen LogP contribution in [0.4, 0.5) is 0 Å². The molecule has 0 amide bonds. The van der Waals surface area contributed by atoms with Crippen LogP contribution in [0.5, 0.6) is 0 Å². The topological polar surface area (TPSA) is 21.3 Å². The van der Waals surface area contributed by atoms with E-state index in [4.69, 9.17) is 4.74 Å². The SMILES string of the molecule is C=C(OC)/C(C)=C1\C(=C)C[C@]23CNC2C(/C=C\CC)C1(CC)C3. The highest BCUT2D eigenvalue weighted by atomic mass is 16.5. The molecule has 1 spiro atoms. The summed E-state index contributed by atoms with van der Waals surface area (Å²) in [7, 11) is 1.71. The van der Waals surface area contributed by atoms with E-state index in [0.717, 1.165) is 31.6 Å². The molecule has 1 heterocycles. The molecule has 3 rings (SSSR count). The second-order valence-corrected chi connectivity index (χ2v) is 7.68. The summed E-state index contributed by atoms with van der Waals surface area (Å²) in [5.74, 6) is 1.34. The van der Waals surface area contributed by atoms with E-state index in [1.165, 1.54) is 23.1 Å². The van der Waals surface area contributed by atoms with Gasteiger partial charge in [-0.2, -0.15) is 0 Å². The second kappa shape index (κ2) is 5.66. The summed E-state index contributed by atoms with van der Waals surface area (Å²) in [5, 5.41) is 3.74. The summed E-state index contributed by atoms with van der Waals surface area (Å²) in [5.41, 5.74) is 4.55. The van der Waals surface area contributed by atoms with Crippen molar-refractivity contribution in [2.45, 2.75) is 52.5 Å². The Morgan fingerprint density at radius 1 is 1.43 bits per heavy atom. The van der Waals surface area contributed by atoms with Gasteiger partial charge in [0.1, 0.15) is 5.76 Å². The van der Waals surface area contributed by atoms with Crippen LogP contribution < -0.4 is 5.32 Å². The number of ether oxygens (including phenoxy) is 1. The number of nitrogens with one attached hydrogen (secondary N) is 1. The summed E-state index contributed by atoms with van der Waals surface area (Å²) < 4.78 is 5.47. The summed E-state index contributed by atoms with van der Waals surface area (Å²) in [6, 6.07) is 0.600. The van der Waals surface area contributed by atoms with Gasteiger partial charge in [0.15, 0.2) is 0 Å². The van der Waals surface area contributed by atoms with Gasteiger partial charge in [0, 0.05) is 29.3 Å². The van der Waals surface area contributed by atoms with E-state index in [2.05, 4.69) is 51.4 Å². The van der Waals surface area contributed by atoms with Crippen molar-refractivity contribution >= 4 is 0 Å². The van der Waals surface area contributed by atoms with Gasteiger partial charge in [0.05, 0.1) is 7.11 Å². The minimum atomic E-state index is 0.181. The maximum Gasteiger partial charge on any atom is 0.114 e. The average Bonchev–Trinajstić information content (AvgIpc) is 2.68. The van der Waals surface area contributed by atoms with Crippen molar-refractivity contribution in [3.8, 4) is 0 Å². The van der Waals surface area contributed by atoms with Gasteiger partial charge in [0.25, 0.3) is 0 Å². The molecule has 23 heavy (non-hydrogen) atoms. The highest BCUT2D eigenvalue weighted by Crippen LogP contribution is 2.69. The Hall–Kier alpha value is -1.28. The van der Waals surface area contributed by atoms with Crippen molar-refractivity contribution in [2.75, 3.05) is 13.7 Å². The average molecular weight is 313 g/mol. The molecule has 0 radical (unpaired) electrons. The van der Waals surface area contributed by atoms with Crippen LogP contribution in [0.1, 0.15) is 46.5 Å². The third-order valence-corrected chi connectivity index (χ3v) is 6.67. The van der Waals surface area contributed by atoms with Gasteiger partial charge in [-0.15, -0.1) is 0 Å². The minimum absolute atomic E-state index is 0.181. The molecule has 4 atom stereocenters. The van der Waals surface area contributed by atoms with Gasteiger partial charge in [-0.05, 0) is 43.8 Å². The summed E-state index contributed by atoms with van der Waals surface area (Å²) >= 11 is 0. The lowest BCUT2D eigenvalue weighted by Crippen LogP contribution is -2.61. The maximum atomic E-state index is 5.47. The Kier molecular flexibility index (Phi) is 4.08. The predicted octanol–water partition coefficient (Wildman–Crippen LogP) is 4.76. The van der Waals surface area contributed by atoms with Crippen LogP contribution >= 0.6 is 0 Å². The first-order valence-electron chi connectivity index (χ1n) is 8.98. The van der Waals surface area contributed by atoms with Crippen LogP contribution in [0.25, 0.3) is 0 Å². The first-order chi connectivity index (χ1) is 11.0. The van der Waals surface area contributed by atoms with Crippen molar-refractivity contribution in [1.82, 2.24) is 5.32 Å². The highest BCUT2D eigenvalue weighted by molar-refractivity contribution is 5.52. The third-order valence-electron chi connectivity index (χ3n) is 6.67. The maximum absolute atomic E-state index is 5.47. The zero-order chi connectivity index (χ0) is 16.8. The van der Waals surface area contributed by atoms with Crippen molar-refractivity contribution in [2.24, 2.45) is 16.7 Å².